The topological polar surface area (TPSA) is 76.4 Å². The molecular formula is C16H21N3O3. The van der Waals surface area contributed by atoms with Crippen molar-refractivity contribution in [2.45, 2.75) is 33.4 Å². The molecule has 1 aromatic heterocycles. The zero-order chi connectivity index (χ0) is 16.1. The third-order valence-corrected chi connectivity index (χ3v) is 3.18. The highest BCUT2D eigenvalue weighted by Crippen LogP contribution is 2.23. The average Bonchev–Trinajstić information content (AvgIpc) is 2.98. The van der Waals surface area contributed by atoms with Crippen LogP contribution in [-0.2, 0) is 6.61 Å². The maximum atomic E-state index is 12.3. The lowest BCUT2D eigenvalue weighted by Gasteiger charge is -2.13. The van der Waals surface area contributed by atoms with Crippen molar-refractivity contribution in [2.75, 3.05) is 11.9 Å². The Kier molecular flexibility index (Phi) is 5.16. The molecule has 6 nitrogen and oxygen atoms in total. The summed E-state index contributed by atoms with van der Waals surface area (Å²) < 4.78 is 7.09. The number of aliphatic hydroxyl groups excluding tert-OH is 1. The van der Waals surface area contributed by atoms with Gasteiger partial charge in [-0.2, -0.15) is 5.10 Å². The fraction of sp³-hybridized carbons (Fsp3) is 0.375. The van der Waals surface area contributed by atoms with Crippen LogP contribution in [0, 0.1) is 0 Å². The molecule has 0 aliphatic carbocycles. The second kappa shape index (κ2) is 7.09. The lowest BCUT2D eigenvalue weighted by Crippen LogP contribution is -2.19. The number of hydrogen-bond donors (Lipinski definition) is 2. The molecule has 0 saturated heterocycles. The van der Waals surface area contributed by atoms with Gasteiger partial charge in [0, 0.05) is 23.5 Å². The third kappa shape index (κ3) is 3.46. The molecule has 0 radical (unpaired) electrons. The molecule has 0 aliphatic rings. The predicted octanol–water partition coefficient (Wildman–Crippen LogP) is 2.61. The minimum absolute atomic E-state index is 0.101. The summed E-state index contributed by atoms with van der Waals surface area (Å²) in [4.78, 5) is 12.3. The summed E-state index contributed by atoms with van der Waals surface area (Å²) in [5.74, 6) is 0.384. The molecule has 1 heterocycles. The van der Waals surface area contributed by atoms with Crippen molar-refractivity contribution < 1.29 is 14.6 Å². The highest BCUT2D eigenvalue weighted by atomic mass is 16.5. The number of amides is 1. The highest BCUT2D eigenvalue weighted by Gasteiger charge is 2.15. The lowest BCUT2D eigenvalue weighted by atomic mass is 10.2. The van der Waals surface area contributed by atoms with Crippen LogP contribution < -0.4 is 10.1 Å². The van der Waals surface area contributed by atoms with Crippen LogP contribution in [0.15, 0.2) is 30.5 Å². The maximum Gasteiger partial charge on any atom is 0.273 e. The monoisotopic (exact) mass is 303 g/mol. The fourth-order valence-electron chi connectivity index (χ4n) is 2.18. The highest BCUT2D eigenvalue weighted by molar-refractivity contribution is 6.03. The van der Waals surface area contributed by atoms with E-state index in [-0.39, 0.29) is 18.6 Å². The second-order valence-corrected chi connectivity index (χ2v) is 5.12. The molecule has 118 valence electrons. The number of ether oxygens (including phenoxy) is 1. The minimum atomic E-state index is -0.237. The van der Waals surface area contributed by atoms with Crippen molar-refractivity contribution in [3.05, 3.63) is 41.7 Å². The first-order valence-corrected chi connectivity index (χ1v) is 7.28. The maximum absolute atomic E-state index is 12.3. The van der Waals surface area contributed by atoms with Gasteiger partial charge in [-0.3, -0.25) is 9.48 Å². The van der Waals surface area contributed by atoms with Gasteiger partial charge in [0.1, 0.15) is 11.4 Å². The molecule has 0 aliphatic heterocycles. The fourth-order valence-corrected chi connectivity index (χ4v) is 2.18. The molecule has 0 spiro atoms. The van der Waals surface area contributed by atoms with Crippen LogP contribution in [0.25, 0.3) is 0 Å². The SMILES string of the molecule is CCOc1ccc(NC(=O)c2ccnn2C(C)C)cc1CO. The molecule has 0 atom stereocenters. The lowest BCUT2D eigenvalue weighted by molar-refractivity contribution is 0.101. The number of hydrogen-bond acceptors (Lipinski definition) is 4. The van der Waals surface area contributed by atoms with Crippen LogP contribution in [0.5, 0.6) is 5.75 Å². The van der Waals surface area contributed by atoms with E-state index in [1.807, 2.05) is 20.8 Å². The van der Waals surface area contributed by atoms with Gasteiger partial charge in [-0.25, -0.2) is 0 Å². The van der Waals surface area contributed by atoms with Crippen LogP contribution in [0.4, 0.5) is 5.69 Å². The van der Waals surface area contributed by atoms with Crippen LogP contribution in [-0.4, -0.2) is 27.4 Å². The Morgan fingerprint density at radius 3 is 2.82 bits per heavy atom. The number of anilines is 1. The van der Waals surface area contributed by atoms with Crippen LogP contribution in [0.3, 0.4) is 0 Å². The number of aliphatic hydroxyl groups is 1. The van der Waals surface area contributed by atoms with Crippen molar-refractivity contribution in [1.82, 2.24) is 9.78 Å². The Bertz CT molecular complexity index is 650. The van der Waals surface area contributed by atoms with Gasteiger partial charge in [0.25, 0.3) is 5.91 Å². The first-order chi connectivity index (χ1) is 10.6. The number of rotatable bonds is 6. The van der Waals surface area contributed by atoms with Gasteiger partial charge in [-0.15, -0.1) is 0 Å². The smallest absolute Gasteiger partial charge is 0.273 e. The number of nitrogens with zero attached hydrogens (tertiary/aromatic N) is 2. The number of benzene rings is 1. The Morgan fingerprint density at radius 1 is 1.41 bits per heavy atom. The molecular weight excluding hydrogens is 282 g/mol. The van der Waals surface area contributed by atoms with E-state index in [9.17, 15) is 9.90 Å². The normalized spacial score (nSPS) is 10.8. The van der Waals surface area contributed by atoms with Gasteiger partial charge in [-0.05, 0) is 45.0 Å². The first-order valence-electron chi connectivity index (χ1n) is 7.28. The summed E-state index contributed by atoms with van der Waals surface area (Å²) in [7, 11) is 0. The number of carbonyl (C=O) groups excluding carboxylic acids is 1. The van der Waals surface area contributed by atoms with Gasteiger partial charge >= 0.3 is 0 Å². The van der Waals surface area contributed by atoms with Crippen molar-refractivity contribution in [2.24, 2.45) is 0 Å². The second-order valence-electron chi connectivity index (χ2n) is 5.12. The van der Waals surface area contributed by atoms with Crippen molar-refractivity contribution in [3.8, 4) is 5.75 Å². The molecule has 0 unspecified atom stereocenters. The molecule has 0 saturated carbocycles. The van der Waals surface area contributed by atoms with Gasteiger partial charge in [0.05, 0.1) is 13.2 Å². The quantitative estimate of drug-likeness (QED) is 0.860. The Morgan fingerprint density at radius 2 is 2.18 bits per heavy atom. The standard InChI is InChI=1S/C16H21N3O3/c1-4-22-15-6-5-13(9-12(15)10-20)18-16(21)14-7-8-17-19(14)11(2)3/h5-9,11,20H,4,10H2,1-3H3,(H,18,21). The molecule has 0 fully saturated rings. The molecule has 1 aromatic carbocycles. The van der Waals surface area contributed by atoms with E-state index in [0.29, 0.717) is 29.3 Å². The van der Waals surface area contributed by atoms with E-state index in [1.54, 1.807) is 35.1 Å². The molecule has 1 amide bonds. The van der Waals surface area contributed by atoms with Gasteiger partial charge in [0.2, 0.25) is 0 Å². The van der Waals surface area contributed by atoms with Gasteiger partial charge < -0.3 is 15.2 Å². The average molecular weight is 303 g/mol. The van der Waals surface area contributed by atoms with E-state index in [0.717, 1.165) is 0 Å². The summed E-state index contributed by atoms with van der Waals surface area (Å²) in [5, 5.41) is 16.4. The Balaban J connectivity index is 2.19. The first kappa shape index (κ1) is 16.0. The predicted molar refractivity (Wildman–Crippen MR) is 84.1 cm³/mol. The van der Waals surface area contributed by atoms with E-state index < -0.39 is 0 Å². The zero-order valence-corrected chi connectivity index (χ0v) is 13.0. The van der Waals surface area contributed by atoms with E-state index >= 15 is 0 Å². The zero-order valence-electron chi connectivity index (χ0n) is 13.0. The molecule has 6 heteroatoms. The number of carbonyl (C=O) groups is 1. The largest absolute Gasteiger partial charge is 0.494 e. The summed E-state index contributed by atoms with van der Waals surface area (Å²) in [6, 6.07) is 6.97. The van der Waals surface area contributed by atoms with Gasteiger partial charge in [-0.1, -0.05) is 0 Å². The van der Waals surface area contributed by atoms with E-state index in [4.69, 9.17) is 4.74 Å². The summed E-state index contributed by atoms with van der Waals surface area (Å²) >= 11 is 0. The molecule has 2 rings (SSSR count). The van der Waals surface area contributed by atoms with E-state index in [2.05, 4.69) is 10.4 Å². The summed E-state index contributed by atoms with van der Waals surface area (Å²) in [5.41, 5.74) is 1.74. The number of nitrogens with one attached hydrogen (secondary N) is 1. The van der Waals surface area contributed by atoms with Crippen LogP contribution in [0.2, 0.25) is 0 Å². The van der Waals surface area contributed by atoms with Crippen LogP contribution >= 0.6 is 0 Å². The summed E-state index contributed by atoms with van der Waals surface area (Å²) in [6.07, 6.45) is 1.60. The summed E-state index contributed by atoms with van der Waals surface area (Å²) in [6.45, 7) is 6.17. The molecule has 0 bridgehead atoms. The van der Waals surface area contributed by atoms with Crippen molar-refractivity contribution >= 4 is 11.6 Å². The van der Waals surface area contributed by atoms with Gasteiger partial charge in [0.15, 0.2) is 0 Å². The van der Waals surface area contributed by atoms with E-state index in [1.165, 1.54) is 0 Å². The minimum Gasteiger partial charge on any atom is -0.494 e. The Hall–Kier alpha value is -2.34. The van der Waals surface area contributed by atoms with Crippen molar-refractivity contribution in [3.63, 3.8) is 0 Å². The molecule has 22 heavy (non-hydrogen) atoms. The molecule has 2 aromatic rings. The van der Waals surface area contributed by atoms with Crippen LogP contribution in [0.1, 0.15) is 42.9 Å². The van der Waals surface area contributed by atoms with Crippen molar-refractivity contribution in [1.29, 1.82) is 0 Å². The number of aromatic nitrogens is 2. The third-order valence-electron chi connectivity index (χ3n) is 3.18. The molecule has 2 N–H and O–H groups in total. The Labute approximate surface area is 129 Å².